The number of H-pyrrole nitrogens is 1. The average molecular weight is 370 g/mol. The van der Waals surface area contributed by atoms with Crippen molar-refractivity contribution >= 4 is 5.91 Å². The number of alkyl halides is 6. The number of carbonyl (C=O) groups excluding carboxylic acids is 1. The number of halogens is 6. The second kappa shape index (κ2) is 6.58. The fourth-order valence-electron chi connectivity index (χ4n) is 1.67. The number of nitrogens with one attached hydrogen (secondary N) is 1. The fourth-order valence-corrected chi connectivity index (χ4v) is 1.67. The van der Waals surface area contributed by atoms with Gasteiger partial charge in [-0.25, -0.2) is 9.13 Å². The lowest BCUT2D eigenvalue weighted by atomic mass is 10.1. The highest BCUT2D eigenvalue weighted by Crippen LogP contribution is 2.32. The van der Waals surface area contributed by atoms with Crippen molar-refractivity contribution in [2.24, 2.45) is 5.73 Å². The zero-order valence-electron chi connectivity index (χ0n) is 11.9. The Balaban J connectivity index is 2.14. The number of aromatic amines is 1. The zero-order chi connectivity index (χ0) is 18.8. The molecule has 0 aliphatic rings. The molecule has 0 bridgehead atoms. The Morgan fingerprint density at radius 3 is 2.24 bits per heavy atom. The van der Waals surface area contributed by atoms with Gasteiger partial charge in [-0.2, -0.15) is 24.2 Å². The summed E-state index contributed by atoms with van der Waals surface area (Å²) in [5.74, 6) is -1.56. The van der Waals surface area contributed by atoms with Crippen LogP contribution < -0.4 is 10.5 Å². The number of hydrogen-bond acceptors (Lipinski definition) is 5. The van der Waals surface area contributed by atoms with Gasteiger partial charge in [-0.05, 0) is 24.3 Å². The van der Waals surface area contributed by atoms with E-state index in [1.165, 1.54) is 0 Å². The van der Waals surface area contributed by atoms with Crippen molar-refractivity contribution in [3.63, 3.8) is 0 Å². The molecule has 0 saturated carbocycles. The number of nitrogens with two attached hydrogens (primary N) is 1. The maximum atomic E-state index is 13.3. The van der Waals surface area contributed by atoms with Crippen molar-refractivity contribution < 1.29 is 40.6 Å². The molecule has 136 valence electrons. The molecule has 1 unspecified atom stereocenters. The van der Waals surface area contributed by atoms with E-state index in [0.717, 1.165) is 24.3 Å². The molecule has 3 N–H and O–H groups in total. The van der Waals surface area contributed by atoms with Gasteiger partial charge in [0.05, 0.1) is 0 Å². The van der Waals surface area contributed by atoms with Gasteiger partial charge < -0.3 is 10.5 Å². The number of ether oxygens (including phenoxy) is 2. The normalized spacial score (nSPS) is 13.5. The second-order valence-corrected chi connectivity index (χ2v) is 4.45. The molecule has 2 rings (SSSR count). The van der Waals surface area contributed by atoms with E-state index >= 15 is 0 Å². The quantitative estimate of drug-likeness (QED) is 0.760. The molecule has 25 heavy (non-hydrogen) atoms. The smallest absolute Gasteiger partial charge is 0.429 e. The molecule has 0 fully saturated rings. The molecule has 0 spiro atoms. The van der Waals surface area contributed by atoms with Crippen LogP contribution in [0.25, 0.3) is 11.3 Å². The highest BCUT2D eigenvalue weighted by atomic mass is 19.4. The van der Waals surface area contributed by atoms with Crippen LogP contribution in [0.5, 0.6) is 5.75 Å². The van der Waals surface area contributed by atoms with Gasteiger partial charge in [-0.15, -0.1) is 13.2 Å². The highest BCUT2D eigenvalue weighted by Gasteiger charge is 2.50. The minimum Gasteiger partial charge on any atom is -0.429 e. The number of primary amides is 1. The summed E-state index contributed by atoms with van der Waals surface area (Å²) < 4.78 is 81.3. The van der Waals surface area contributed by atoms with Crippen LogP contribution in [0.4, 0.5) is 26.3 Å². The summed E-state index contributed by atoms with van der Waals surface area (Å²) in [4.78, 5) is 11.1. The largest absolute Gasteiger partial charge is 0.525 e. The van der Waals surface area contributed by atoms with Gasteiger partial charge in [0.25, 0.3) is 5.91 Å². The first-order valence-corrected chi connectivity index (χ1v) is 6.26. The Morgan fingerprint density at radius 2 is 1.72 bits per heavy atom. The average Bonchev–Trinajstić information content (AvgIpc) is 2.95. The molecule has 1 amide bonds. The van der Waals surface area contributed by atoms with Crippen molar-refractivity contribution in [1.82, 2.24) is 15.4 Å². The van der Waals surface area contributed by atoms with Crippen molar-refractivity contribution in [1.29, 1.82) is 0 Å². The van der Waals surface area contributed by atoms with Crippen LogP contribution in [0.2, 0.25) is 0 Å². The first-order chi connectivity index (χ1) is 11.5. The van der Waals surface area contributed by atoms with Crippen LogP contribution in [0, 0.1) is 0 Å². The van der Waals surface area contributed by atoms with Gasteiger partial charge in [0, 0.05) is 5.56 Å². The van der Waals surface area contributed by atoms with Crippen molar-refractivity contribution in [3.8, 4) is 17.0 Å². The SMILES string of the molecule is NC(=O)c1n[nH]nc1-c1ccc(OC(F)(F)C(F)OC(F)(F)F)cc1. The van der Waals surface area contributed by atoms with E-state index in [9.17, 15) is 31.1 Å². The maximum Gasteiger partial charge on any atom is 0.525 e. The van der Waals surface area contributed by atoms with E-state index in [1.807, 2.05) is 0 Å². The lowest BCUT2D eigenvalue weighted by Gasteiger charge is -2.22. The van der Waals surface area contributed by atoms with Gasteiger partial charge in [0.2, 0.25) is 0 Å². The summed E-state index contributed by atoms with van der Waals surface area (Å²) in [6, 6.07) is 4.05. The third-order valence-corrected chi connectivity index (χ3v) is 2.66. The monoisotopic (exact) mass is 370 g/mol. The van der Waals surface area contributed by atoms with Crippen LogP contribution in [0.1, 0.15) is 10.5 Å². The van der Waals surface area contributed by atoms with Gasteiger partial charge >= 0.3 is 18.8 Å². The molecule has 0 saturated heterocycles. The van der Waals surface area contributed by atoms with Gasteiger partial charge in [-0.1, -0.05) is 0 Å². The molecular weight excluding hydrogens is 362 g/mol. The first-order valence-electron chi connectivity index (χ1n) is 6.26. The van der Waals surface area contributed by atoms with Gasteiger partial charge in [0.15, 0.2) is 5.69 Å². The summed E-state index contributed by atoms with van der Waals surface area (Å²) >= 11 is 0. The van der Waals surface area contributed by atoms with E-state index in [4.69, 9.17) is 5.73 Å². The van der Waals surface area contributed by atoms with E-state index in [0.29, 0.717) is 0 Å². The summed E-state index contributed by atoms with van der Waals surface area (Å²) in [5, 5.41) is 9.29. The first kappa shape index (κ1) is 18.5. The molecule has 0 aliphatic carbocycles. The van der Waals surface area contributed by atoms with Crippen LogP contribution in [0.3, 0.4) is 0 Å². The lowest BCUT2D eigenvalue weighted by molar-refractivity contribution is -0.411. The molecule has 1 aromatic heterocycles. The number of aromatic nitrogens is 3. The summed E-state index contributed by atoms with van der Waals surface area (Å²) in [6.45, 7) is 0. The third-order valence-electron chi connectivity index (χ3n) is 2.66. The third kappa shape index (κ3) is 4.59. The minimum atomic E-state index is -5.60. The molecule has 1 aromatic carbocycles. The molecule has 1 heterocycles. The molecule has 0 aliphatic heterocycles. The van der Waals surface area contributed by atoms with E-state index in [-0.39, 0.29) is 17.0 Å². The minimum absolute atomic E-state index is 0.00887. The predicted octanol–water partition coefficient (Wildman–Crippen LogP) is 2.37. The van der Waals surface area contributed by atoms with E-state index in [2.05, 4.69) is 24.9 Å². The van der Waals surface area contributed by atoms with E-state index in [1.54, 1.807) is 0 Å². The Kier molecular flexibility index (Phi) is 4.87. The van der Waals surface area contributed by atoms with E-state index < -0.39 is 30.5 Å². The number of carbonyl (C=O) groups is 1. The number of benzene rings is 1. The Hall–Kier alpha value is -2.83. The summed E-state index contributed by atoms with van der Waals surface area (Å²) in [6.07, 6.45) is -14.6. The van der Waals surface area contributed by atoms with Gasteiger partial charge in [-0.3, -0.25) is 4.79 Å². The molecule has 13 heteroatoms. The summed E-state index contributed by atoms with van der Waals surface area (Å²) in [7, 11) is 0. The second-order valence-electron chi connectivity index (χ2n) is 4.45. The number of hydrogen-bond donors (Lipinski definition) is 2. The lowest BCUT2D eigenvalue weighted by Crippen LogP contribution is -2.41. The number of rotatable bonds is 6. The highest BCUT2D eigenvalue weighted by molar-refractivity contribution is 5.96. The molecule has 7 nitrogen and oxygen atoms in total. The Bertz CT molecular complexity index is 746. The Morgan fingerprint density at radius 1 is 1.12 bits per heavy atom. The van der Waals surface area contributed by atoms with Crippen molar-refractivity contribution in [3.05, 3.63) is 30.0 Å². The van der Waals surface area contributed by atoms with Crippen LogP contribution in [-0.4, -0.2) is 40.1 Å². The fraction of sp³-hybridized carbons (Fsp3) is 0.250. The van der Waals surface area contributed by atoms with Crippen LogP contribution >= 0.6 is 0 Å². The zero-order valence-corrected chi connectivity index (χ0v) is 11.9. The Labute approximate surface area is 134 Å². The van der Waals surface area contributed by atoms with Crippen LogP contribution in [0.15, 0.2) is 24.3 Å². The van der Waals surface area contributed by atoms with Crippen molar-refractivity contribution in [2.45, 2.75) is 18.8 Å². The maximum absolute atomic E-state index is 13.3. The standard InChI is InChI=1S/C12H8F6N4O3/c13-10(25-12(16,17)18)11(14,15)24-6-3-1-5(2-4-6)7-8(9(19)23)21-22-20-7/h1-4,10H,(H2,19,23)(H,20,21,22). The van der Waals surface area contributed by atoms with Crippen molar-refractivity contribution in [2.75, 3.05) is 0 Å². The number of nitrogens with zero attached hydrogens (tertiary/aromatic N) is 2. The van der Waals surface area contributed by atoms with Gasteiger partial charge in [0.1, 0.15) is 11.4 Å². The molecule has 0 radical (unpaired) electrons. The number of amides is 1. The molecule has 2 aromatic rings. The predicted molar refractivity (Wildman–Crippen MR) is 67.9 cm³/mol. The topological polar surface area (TPSA) is 103 Å². The molecular formula is C12H8F6N4O3. The molecule has 1 atom stereocenters. The van der Waals surface area contributed by atoms with Crippen LogP contribution in [-0.2, 0) is 4.74 Å². The summed E-state index contributed by atoms with van der Waals surface area (Å²) in [5.41, 5.74) is 5.06.